The molecule has 0 aliphatic carbocycles. The van der Waals surface area contributed by atoms with E-state index in [0.717, 1.165) is 0 Å². The Kier molecular flexibility index (Phi) is 2.13. The summed E-state index contributed by atoms with van der Waals surface area (Å²) in [6.45, 7) is 0. The van der Waals surface area contributed by atoms with Crippen LogP contribution in [0.15, 0.2) is 24.7 Å². The van der Waals surface area contributed by atoms with Crippen LogP contribution in [0.3, 0.4) is 0 Å². The minimum Gasteiger partial charge on any atom is -0.464 e. The van der Waals surface area contributed by atoms with Gasteiger partial charge in [-0.25, -0.2) is 9.78 Å². The van der Waals surface area contributed by atoms with E-state index in [0.29, 0.717) is 10.5 Å². The fourth-order valence-electron chi connectivity index (χ4n) is 1.22. The van der Waals surface area contributed by atoms with Gasteiger partial charge in [-0.2, -0.15) is 0 Å². The molecule has 2 heterocycles. The maximum absolute atomic E-state index is 11.3. The number of ether oxygens (including phenoxy) is 1. The van der Waals surface area contributed by atoms with Crippen molar-refractivity contribution in [2.45, 2.75) is 0 Å². The van der Waals surface area contributed by atoms with Crippen molar-refractivity contribution >= 4 is 23.1 Å². The lowest BCUT2D eigenvalue weighted by Crippen LogP contribution is -2.02. The number of carbonyl (C=O) groups excluding carboxylic acids is 1. The van der Waals surface area contributed by atoms with Gasteiger partial charge in [0, 0.05) is 11.2 Å². The summed E-state index contributed by atoms with van der Waals surface area (Å²) in [6.07, 6.45) is 3.27. The Morgan fingerprint density at radius 2 is 2.43 bits per heavy atom. The van der Waals surface area contributed by atoms with Crippen molar-refractivity contribution in [2.75, 3.05) is 7.11 Å². The molecule has 2 aromatic heterocycles. The van der Waals surface area contributed by atoms with Gasteiger partial charge in [0.25, 0.3) is 0 Å². The van der Waals surface area contributed by atoms with Crippen molar-refractivity contribution in [1.29, 1.82) is 0 Å². The molecule has 0 aromatic carbocycles. The van der Waals surface area contributed by atoms with Crippen LogP contribution in [0, 0.1) is 0 Å². The molecule has 0 N–H and O–H groups in total. The average Bonchev–Trinajstić information content (AvgIpc) is 2.59. The molecule has 0 unspecified atom stereocenters. The van der Waals surface area contributed by atoms with Gasteiger partial charge in [0.1, 0.15) is 6.33 Å². The van der Waals surface area contributed by atoms with Gasteiger partial charge in [-0.05, 0) is 12.1 Å². The number of pyridine rings is 1. The van der Waals surface area contributed by atoms with E-state index < -0.39 is 5.97 Å². The second kappa shape index (κ2) is 3.31. The van der Waals surface area contributed by atoms with E-state index >= 15 is 0 Å². The first-order valence-electron chi connectivity index (χ1n) is 3.93. The highest BCUT2D eigenvalue weighted by atomic mass is 35.5. The maximum atomic E-state index is 11.3. The summed E-state index contributed by atoms with van der Waals surface area (Å²) in [4.78, 5) is 15.2. The van der Waals surface area contributed by atoms with Crippen LogP contribution in [0.25, 0.3) is 5.52 Å². The van der Waals surface area contributed by atoms with Crippen LogP contribution < -0.4 is 0 Å². The zero-order valence-electron chi connectivity index (χ0n) is 7.40. The van der Waals surface area contributed by atoms with Gasteiger partial charge in [-0.3, -0.25) is 0 Å². The minimum atomic E-state index is -0.463. The summed E-state index contributed by atoms with van der Waals surface area (Å²) >= 11 is 5.80. The Bertz CT molecular complexity index is 493. The number of methoxy groups -OCH3 is 1. The lowest BCUT2D eigenvalue weighted by molar-refractivity contribution is 0.0597. The standard InChI is InChI=1S/C9H7ClN2O2/c1-14-9(13)8-7-4-6(10)2-3-12(7)5-11-8/h2-5H,1H3. The molecule has 5 heteroatoms. The van der Waals surface area contributed by atoms with Crippen LogP contribution in [0.2, 0.25) is 5.02 Å². The number of esters is 1. The molecular weight excluding hydrogens is 204 g/mol. The number of nitrogens with zero attached hydrogens (tertiary/aromatic N) is 2. The molecule has 0 saturated carbocycles. The second-order valence-electron chi connectivity index (χ2n) is 2.72. The molecule has 0 fully saturated rings. The smallest absolute Gasteiger partial charge is 0.358 e. The molecule has 2 rings (SSSR count). The van der Waals surface area contributed by atoms with Gasteiger partial charge >= 0.3 is 5.97 Å². The maximum Gasteiger partial charge on any atom is 0.358 e. The van der Waals surface area contributed by atoms with E-state index in [-0.39, 0.29) is 5.69 Å². The topological polar surface area (TPSA) is 43.6 Å². The molecule has 0 bridgehead atoms. The van der Waals surface area contributed by atoms with Gasteiger partial charge in [0.05, 0.1) is 12.6 Å². The van der Waals surface area contributed by atoms with Gasteiger partial charge in [0.15, 0.2) is 5.69 Å². The van der Waals surface area contributed by atoms with E-state index in [9.17, 15) is 4.79 Å². The van der Waals surface area contributed by atoms with E-state index in [4.69, 9.17) is 11.6 Å². The SMILES string of the molecule is COC(=O)c1ncn2ccc(Cl)cc12. The van der Waals surface area contributed by atoms with Crippen LogP contribution in [-0.2, 0) is 4.74 Å². The number of carbonyl (C=O) groups is 1. The number of fused-ring (bicyclic) bond motifs is 1. The predicted molar refractivity (Wildman–Crippen MR) is 51.5 cm³/mol. The Labute approximate surface area is 85.1 Å². The summed E-state index contributed by atoms with van der Waals surface area (Å²) in [5, 5.41) is 0.558. The number of halogens is 1. The fraction of sp³-hybridized carbons (Fsp3) is 0.111. The Balaban J connectivity index is 2.67. The summed E-state index contributed by atoms with van der Waals surface area (Å²) in [6, 6.07) is 3.39. The zero-order valence-corrected chi connectivity index (χ0v) is 8.15. The highest BCUT2D eigenvalue weighted by Gasteiger charge is 2.13. The molecule has 0 aliphatic rings. The lowest BCUT2D eigenvalue weighted by atomic mass is 10.3. The van der Waals surface area contributed by atoms with Crippen molar-refractivity contribution in [3.8, 4) is 0 Å². The number of hydrogen-bond acceptors (Lipinski definition) is 3. The van der Waals surface area contributed by atoms with E-state index in [2.05, 4.69) is 9.72 Å². The van der Waals surface area contributed by atoms with Gasteiger partial charge in [-0.15, -0.1) is 0 Å². The van der Waals surface area contributed by atoms with Gasteiger partial charge in [0.2, 0.25) is 0 Å². The lowest BCUT2D eigenvalue weighted by Gasteiger charge is -1.97. The molecule has 72 valence electrons. The number of aromatic nitrogens is 2. The molecule has 14 heavy (non-hydrogen) atoms. The van der Waals surface area contributed by atoms with Crippen LogP contribution in [0.5, 0.6) is 0 Å². The van der Waals surface area contributed by atoms with Crippen molar-refractivity contribution in [1.82, 2.24) is 9.38 Å². The Morgan fingerprint density at radius 1 is 1.64 bits per heavy atom. The molecule has 2 aromatic rings. The highest BCUT2D eigenvalue weighted by molar-refractivity contribution is 6.31. The molecule has 0 atom stereocenters. The third-order valence-electron chi connectivity index (χ3n) is 1.88. The summed E-state index contributed by atoms with van der Waals surface area (Å²) in [7, 11) is 1.32. The number of rotatable bonds is 1. The predicted octanol–water partition coefficient (Wildman–Crippen LogP) is 1.77. The molecule has 4 nitrogen and oxygen atoms in total. The van der Waals surface area contributed by atoms with E-state index in [1.54, 1.807) is 22.7 Å². The second-order valence-corrected chi connectivity index (χ2v) is 3.16. The van der Waals surface area contributed by atoms with Gasteiger partial charge in [-0.1, -0.05) is 11.6 Å². The van der Waals surface area contributed by atoms with Gasteiger partial charge < -0.3 is 9.14 Å². The third kappa shape index (κ3) is 1.33. The average molecular weight is 211 g/mol. The Morgan fingerprint density at radius 3 is 3.14 bits per heavy atom. The summed E-state index contributed by atoms with van der Waals surface area (Å²) < 4.78 is 6.29. The van der Waals surface area contributed by atoms with Crippen molar-refractivity contribution < 1.29 is 9.53 Å². The zero-order chi connectivity index (χ0) is 10.1. The van der Waals surface area contributed by atoms with Crippen molar-refractivity contribution in [2.24, 2.45) is 0 Å². The normalized spacial score (nSPS) is 10.4. The first kappa shape index (κ1) is 9.02. The number of hydrogen-bond donors (Lipinski definition) is 0. The highest BCUT2D eigenvalue weighted by Crippen LogP contribution is 2.15. The molecule has 0 saturated heterocycles. The molecule has 0 radical (unpaired) electrons. The van der Waals surface area contributed by atoms with Crippen LogP contribution in [0.4, 0.5) is 0 Å². The monoisotopic (exact) mass is 210 g/mol. The molecule has 0 aliphatic heterocycles. The first-order valence-corrected chi connectivity index (χ1v) is 4.30. The Hall–Kier alpha value is -1.55. The minimum absolute atomic E-state index is 0.273. The number of imidazole rings is 1. The molecule has 0 amide bonds. The third-order valence-corrected chi connectivity index (χ3v) is 2.11. The largest absolute Gasteiger partial charge is 0.464 e. The van der Waals surface area contributed by atoms with Crippen molar-refractivity contribution in [3.63, 3.8) is 0 Å². The van der Waals surface area contributed by atoms with Crippen LogP contribution >= 0.6 is 11.6 Å². The van der Waals surface area contributed by atoms with E-state index in [1.165, 1.54) is 13.4 Å². The summed E-state index contributed by atoms with van der Waals surface area (Å²) in [5.74, 6) is -0.463. The summed E-state index contributed by atoms with van der Waals surface area (Å²) in [5.41, 5.74) is 0.916. The molecular formula is C9H7ClN2O2. The first-order chi connectivity index (χ1) is 6.72. The van der Waals surface area contributed by atoms with Crippen LogP contribution in [-0.4, -0.2) is 22.5 Å². The quantitative estimate of drug-likeness (QED) is 0.674. The van der Waals surface area contributed by atoms with Crippen molar-refractivity contribution in [3.05, 3.63) is 35.4 Å². The fourth-order valence-corrected chi connectivity index (χ4v) is 1.38. The molecule has 0 spiro atoms. The van der Waals surface area contributed by atoms with E-state index in [1.807, 2.05) is 0 Å². The van der Waals surface area contributed by atoms with Crippen LogP contribution in [0.1, 0.15) is 10.5 Å².